The number of carbonyl (C=O) groups is 1. The highest BCUT2D eigenvalue weighted by Gasteiger charge is 2.17. The first-order valence-electron chi connectivity index (χ1n) is 7.95. The lowest BCUT2D eigenvalue weighted by Gasteiger charge is -2.08. The van der Waals surface area contributed by atoms with Crippen molar-refractivity contribution in [1.29, 1.82) is 0 Å². The number of hydrogen-bond donors (Lipinski definition) is 2. The number of amides is 1. The Hall–Kier alpha value is -3.26. The van der Waals surface area contributed by atoms with E-state index in [9.17, 15) is 9.59 Å². The normalized spacial score (nSPS) is 11.0. The van der Waals surface area contributed by atoms with Gasteiger partial charge in [0.25, 0.3) is 11.5 Å². The van der Waals surface area contributed by atoms with Gasteiger partial charge in [-0.1, -0.05) is 18.2 Å². The van der Waals surface area contributed by atoms with Crippen LogP contribution in [0.1, 0.15) is 16.1 Å². The monoisotopic (exact) mass is 365 g/mol. The molecule has 3 heterocycles. The van der Waals surface area contributed by atoms with Crippen molar-refractivity contribution < 1.29 is 4.79 Å². The molecule has 7 nitrogen and oxygen atoms in total. The van der Waals surface area contributed by atoms with Gasteiger partial charge in [0.1, 0.15) is 0 Å². The molecule has 0 radical (unpaired) electrons. The second-order valence-electron chi connectivity index (χ2n) is 5.74. The average molecular weight is 365 g/mol. The highest BCUT2D eigenvalue weighted by atomic mass is 32.1. The van der Waals surface area contributed by atoms with Crippen molar-refractivity contribution in [2.24, 2.45) is 7.05 Å². The molecule has 0 aliphatic carbocycles. The molecule has 26 heavy (non-hydrogen) atoms. The third-order valence-electron chi connectivity index (χ3n) is 4.12. The van der Waals surface area contributed by atoms with E-state index in [2.05, 4.69) is 20.5 Å². The summed E-state index contributed by atoms with van der Waals surface area (Å²) in [6, 6.07) is 11.1. The summed E-state index contributed by atoms with van der Waals surface area (Å²) in [7, 11) is 1.63. The van der Waals surface area contributed by atoms with Crippen LogP contribution in [0.4, 0.5) is 0 Å². The maximum absolute atomic E-state index is 12.5. The van der Waals surface area contributed by atoms with Gasteiger partial charge in [0.2, 0.25) is 0 Å². The minimum atomic E-state index is -0.505. The minimum absolute atomic E-state index is 0.118. The molecule has 0 aliphatic heterocycles. The number of nitrogens with zero attached hydrogens (tertiary/aromatic N) is 3. The van der Waals surface area contributed by atoms with E-state index >= 15 is 0 Å². The summed E-state index contributed by atoms with van der Waals surface area (Å²) < 4.78 is 1.44. The predicted octanol–water partition coefficient (Wildman–Crippen LogP) is 2.32. The van der Waals surface area contributed by atoms with Gasteiger partial charge in [-0.15, -0.1) is 11.3 Å². The van der Waals surface area contributed by atoms with Crippen molar-refractivity contribution in [2.75, 3.05) is 0 Å². The Morgan fingerprint density at radius 3 is 2.92 bits per heavy atom. The van der Waals surface area contributed by atoms with Crippen LogP contribution in [0.3, 0.4) is 0 Å². The fraction of sp³-hybridized carbons (Fsp3) is 0.111. The third-order valence-corrected chi connectivity index (χ3v) is 5.01. The molecular weight excluding hydrogens is 350 g/mol. The topological polar surface area (TPSA) is 92.7 Å². The SMILES string of the molecule is Cn1c(=O)c(C(=O)NCc2cn[nH]c2-c2cccs2)nc2ccccc21. The van der Waals surface area contributed by atoms with Crippen LogP contribution in [0, 0.1) is 0 Å². The first kappa shape index (κ1) is 16.2. The Morgan fingerprint density at radius 1 is 1.27 bits per heavy atom. The van der Waals surface area contributed by atoms with Crippen molar-refractivity contribution in [3.63, 3.8) is 0 Å². The number of benzene rings is 1. The molecule has 0 atom stereocenters. The van der Waals surface area contributed by atoms with Crippen LogP contribution in [0.15, 0.2) is 52.8 Å². The molecule has 4 rings (SSSR count). The molecular formula is C18H15N5O2S. The van der Waals surface area contributed by atoms with E-state index in [1.165, 1.54) is 4.57 Å². The van der Waals surface area contributed by atoms with Crippen molar-refractivity contribution in [2.45, 2.75) is 6.54 Å². The molecule has 3 aromatic heterocycles. The number of carbonyl (C=O) groups excluding carboxylic acids is 1. The van der Waals surface area contributed by atoms with Gasteiger partial charge in [0.15, 0.2) is 5.69 Å². The molecule has 130 valence electrons. The van der Waals surface area contributed by atoms with Crippen LogP contribution in [0.2, 0.25) is 0 Å². The zero-order valence-corrected chi connectivity index (χ0v) is 14.7. The maximum Gasteiger partial charge on any atom is 0.282 e. The second kappa shape index (κ2) is 6.57. The zero-order chi connectivity index (χ0) is 18.1. The number of aromatic amines is 1. The summed E-state index contributed by atoms with van der Waals surface area (Å²) in [6.45, 7) is 0.250. The van der Waals surface area contributed by atoms with E-state index in [0.717, 1.165) is 16.1 Å². The predicted molar refractivity (Wildman–Crippen MR) is 100 cm³/mol. The molecule has 2 N–H and O–H groups in total. The number of thiophene rings is 1. The zero-order valence-electron chi connectivity index (χ0n) is 13.9. The van der Waals surface area contributed by atoms with E-state index < -0.39 is 11.5 Å². The van der Waals surface area contributed by atoms with Crippen molar-refractivity contribution in [3.05, 3.63) is 69.6 Å². The van der Waals surface area contributed by atoms with Gasteiger partial charge in [-0.25, -0.2) is 4.98 Å². The van der Waals surface area contributed by atoms with Crippen LogP contribution >= 0.6 is 11.3 Å². The van der Waals surface area contributed by atoms with Gasteiger partial charge in [0.05, 0.1) is 27.8 Å². The molecule has 8 heteroatoms. The number of H-pyrrole nitrogens is 1. The number of hydrogen-bond acceptors (Lipinski definition) is 5. The molecule has 0 fully saturated rings. The second-order valence-corrected chi connectivity index (χ2v) is 6.69. The van der Waals surface area contributed by atoms with E-state index in [1.54, 1.807) is 36.7 Å². The lowest BCUT2D eigenvalue weighted by atomic mass is 10.2. The van der Waals surface area contributed by atoms with Gasteiger partial charge >= 0.3 is 0 Å². The Bertz CT molecular complexity index is 1140. The Labute approximate surface area is 152 Å². The van der Waals surface area contributed by atoms with Gasteiger partial charge in [-0.05, 0) is 23.6 Å². The first-order valence-corrected chi connectivity index (χ1v) is 8.83. The smallest absolute Gasteiger partial charge is 0.282 e. The van der Waals surface area contributed by atoms with E-state index in [-0.39, 0.29) is 12.2 Å². The van der Waals surface area contributed by atoms with Crippen LogP contribution in [0.25, 0.3) is 21.6 Å². The Kier molecular flexibility index (Phi) is 4.10. The molecule has 0 aliphatic rings. The first-order chi connectivity index (χ1) is 12.6. The summed E-state index contributed by atoms with van der Waals surface area (Å²) in [4.78, 5) is 30.3. The summed E-state index contributed by atoms with van der Waals surface area (Å²) >= 11 is 1.58. The van der Waals surface area contributed by atoms with Crippen molar-refractivity contribution >= 4 is 28.3 Å². The number of fused-ring (bicyclic) bond motifs is 1. The van der Waals surface area contributed by atoms with Gasteiger partial charge in [0, 0.05) is 19.2 Å². The number of aryl methyl sites for hydroxylation is 1. The molecule has 0 bridgehead atoms. The number of nitrogens with one attached hydrogen (secondary N) is 2. The summed E-state index contributed by atoms with van der Waals surface area (Å²) in [5, 5.41) is 11.7. The summed E-state index contributed by atoms with van der Waals surface area (Å²) in [5.41, 5.74) is 2.45. The third kappa shape index (κ3) is 2.80. The molecule has 0 spiro atoms. The van der Waals surface area contributed by atoms with Gasteiger partial charge < -0.3 is 9.88 Å². The Morgan fingerprint density at radius 2 is 2.12 bits per heavy atom. The van der Waals surface area contributed by atoms with E-state index in [4.69, 9.17) is 0 Å². The van der Waals surface area contributed by atoms with E-state index in [1.807, 2.05) is 29.6 Å². The van der Waals surface area contributed by atoms with Gasteiger partial charge in [-0.2, -0.15) is 5.10 Å². The van der Waals surface area contributed by atoms with Crippen LogP contribution in [0.5, 0.6) is 0 Å². The average Bonchev–Trinajstić information content (AvgIpc) is 3.33. The number of rotatable bonds is 4. The summed E-state index contributed by atoms with van der Waals surface area (Å²) in [5.74, 6) is -0.505. The minimum Gasteiger partial charge on any atom is -0.346 e. The van der Waals surface area contributed by atoms with Crippen molar-refractivity contribution in [3.8, 4) is 10.6 Å². The highest BCUT2D eigenvalue weighted by molar-refractivity contribution is 7.13. The molecule has 0 saturated carbocycles. The Balaban J connectivity index is 1.60. The van der Waals surface area contributed by atoms with Gasteiger partial charge in [-0.3, -0.25) is 14.7 Å². The number of para-hydroxylation sites is 2. The van der Waals surface area contributed by atoms with Crippen LogP contribution < -0.4 is 10.9 Å². The van der Waals surface area contributed by atoms with E-state index in [0.29, 0.717) is 11.0 Å². The molecule has 0 saturated heterocycles. The standard InChI is InChI=1S/C18H15N5O2S/c1-23-13-6-3-2-5-12(13)21-16(18(23)25)17(24)19-9-11-10-20-22-15(11)14-7-4-8-26-14/h2-8,10H,9H2,1H3,(H,19,24)(H,20,22). The van der Waals surface area contributed by atoms with Crippen LogP contribution in [-0.2, 0) is 13.6 Å². The molecule has 0 unspecified atom stereocenters. The quantitative estimate of drug-likeness (QED) is 0.580. The molecule has 1 aromatic carbocycles. The molecule has 1 amide bonds. The fourth-order valence-electron chi connectivity index (χ4n) is 2.77. The lowest BCUT2D eigenvalue weighted by molar-refractivity contribution is 0.0944. The lowest BCUT2D eigenvalue weighted by Crippen LogP contribution is -2.33. The fourth-order valence-corrected chi connectivity index (χ4v) is 3.52. The van der Waals surface area contributed by atoms with Crippen molar-refractivity contribution in [1.82, 2.24) is 25.1 Å². The van der Waals surface area contributed by atoms with Crippen LogP contribution in [-0.4, -0.2) is 25.7 Å². The maximum atomic E-state index is 12.5. The largest absolute Gasteiger partial charge is 0.346 e. The summed E-state index contributed by atoms with van der Waals surface area (Å²) in [6.07, 6.45) is 1.67. The molecule has 4 aromatic rings. The number of aromatic nitrogens is 4. The highest BCUT2D eigenvalue weighted by Crippen LogP contribution is 2.25.